The van der Waals surface area contributed by atoms with Crippen molar-refractivity contribution in [3.8, 4) is 5.75 Å². The van der Waals surface area contributed by atoms with E-state index >= 15 is 0 Å². The van der Waals surface area contributed by atoms with E-state index in [4.69, 9.17) is 27.9 Å². The molecule has 0 aliphatic carbocycles. The summed E-state index contributed by atoms with van der Waals surface area (Å²) in [4.78, 5) is 12.8. The topological polar surface area (TPSA) is 88.1 Å². The van der Waals surface area contributed by atoms with Gasteiger partial charge in [-0.25, -0.2) is 13.8 Å². The summed E-state index contributed by atoms with van der Waals surface area (Å²) in [5.41, 5.74) is 4.09. The van der Waals surface area contributed by atoms with Crippen LogP contribution in [0.4, 0.5) is 5.69 Å². The molecule has 1 N–H and O–H groups in total. The number of hydrogen-bond donors (Lipinski definition) is 1. The standard InChI is InChI=1S/C28H23Cl2N3O4S/c29-24-15-9-16-25(28(24)30)33(38(35,36)23-13-5-2-6-14-23)19-27(34)32-31-18-22-12-7-8-17-26(22)37-20-21-10-3-1-4-11-21/h1-18H,19-20H2,(H,32,34)/b31-18-. The molecule has 0 bridgehead atoms. The van der Waals surface area contributed by atoms with Gasteiger partial charge in [0, 0.05) is 5.56 Å². The van der Waals surface area contributed by atoms with Gasteiger partial charge in [-0.3, -0.25) is 9.10 Å². The molecule has 4 aromatic carbocycles. The summed E-state index contributed by atoms with van der Waals surface area (Å²) in [6.45, 7) is -0.217. The summed E-state index contributed by atoms with van der Waals surface area (Å²) < 4.78 is 33.7. The van der Waals surface area contributed by atoms with Crippen LogP contribution in [-0.2, 0) is 21.4 Å². The van der Waals surface area contributed by atoms with Gasteiger partial charge in [0.25, 0.3) is 15.9 Å². The highest BCUT2D eigenvalue weighted by atomic mass is 35.5. The molecule has 194 valence electrons. The molecule has 4 aromatic rings. The highest BCUT2D eigenvalue weighted by Gasteiger charge is 2.29. The number of nitrogens with zero attached hydrogens (tertiary/aromatic N) is 2. The van der Waals surface area contributed by atoms with Crippen molar-refractivity contribution in [2.75, 3.05) is 10.8 Å². The van der Waals surface area contributed by atoms with E-state index in [2.05, 4.69) is 10.5 Å². The smallest absolute Gasteiger partial charge is 0.264 e. The van der Waals surface area contributed by atoms with Gasteiger partial charge in [0.2, 0.25) is 0 Å². The average molecular weight is 568 g/mol. The Labute approximate surface area is 231 Å². The van der Waals surface area contributed by atoms with Gasteiger partial charge in [-0.05, 0) is 42.0 Å². The first kappa shape index (κ1) is 27.2. The molecule has 0 saturated carbocycles. The molecule has 0 radical (unpaired) electrons. The molecule has 0 atom stereocenters. The molecule has 0 aliphatic heterocycles. The van der Waals surface area contributed by atoms with E-state index in [1.54, 1.807) is 36.4 Å². The Bertz CT molecular complexity index is 1530. The predicted molar refractivity (Wildman–Crippen MR) is 150 cm³/mol. The molecular formula is C28H23Cl2N3O4S. The molecule has 0 heterocycles. The third-order valence-electron chi connectivity index (χ3n) is 5.37. The van der Waals surface area contributed by atoms with E-state index in [1.807, 2.05) is 42.5 Å². The van der Waals surface area contributed by atoms with E-state index < -0.39 is 22.5 Å². The van der Waals surface area contributed by atoms with Crippen LogP contribution in [0.1, 0.15) is 11.1 Å². The molecular weight excluding hydrogens is 545 g/mol. The Morgan fingerprint density at radius 2 is 1.53 bits per heavy atom. The molecule has 7 nitrogen and oxygen atoms in total. The van der Waals surface area contributed by atoms with Gasteiger partial charge in [0.15, 0.2) is 0 Å². The SMILES string of the molecule is O=C(CN(c1cccc(Cl)c1Cl)S(=O)(=O)c1ccccc1)N/N=C\c1ccccc1OCc1ccccc1. The molecule has 0 spiro atoms. The summed E-state index contributed by atoms with van der Waals surface area (Å²) in [7, 11) is -4.15. The number of carbonyl (C=O) groups excluding carboxylic acids is 1. The van der Waals surface area contributed by atoms with Crippen LogP contribution in [0.15, 0.2) is 113 Å². The summed E-state index contributed by atoms with van der Waals surface area (Å²) in [6, 6.07) is 29.2. The number of carbonyl (C=O) groups is 1. The van der Waals surface area contributed by atoms with Gasteiger partial charge in [-0.15, -0.1) is 0 Å². The first-order valence-corrected chi connectivity index (χ1v) is 13.7. The summed E-state index contributed by atoms with van der Waals surface area (Å²) in [6.07, 6.45) is 1.43. The summed E-state index contributed by atoms with van der Waals surface area (Å²) in [5.74, 6) is -0.104. The van der Waals surface area contributed by atoms with Crippen molar-refractivity contribution in [1.29, 1.82) is 0 Å². The van der Waals surface area contributed by atoms with Gasteiger partial charge in [0.1, 0.15) is 18.9 Å². The second-order valence-electron chi connectivity index (χ2n) is 8.00. The van der Waals surface area contributed by atoms with E-state index in [0.717, 1.165) is 9.87 Å². The second-order valence-corrected chi connectivity index (χ2v) is 10.7. The van der Waals surface area contributed by atoms with Crippen molar-refractivity contribution in [2.45, 2.75) is 11.5 Å². The molecule has 38 heavy (non-hydrogen) atoms. The van der Waals surface area contributed by atoms with Crippen LogP contribution >= 0.6 is 23.2 Å². The van der Waals surface area contributed by atoms with Crippen LogP contribution in [0.2, 0.25) is 10.0 Å². The number of benzene rings is 4. The number of ether oxygens (including phenoxy) is 1. The number of para-hydroxylation sites is 1. The number of nitrogens with one attached hydrogen (secondary N) is 1. The van der Waals surface area contributed by atoms with Crippen molar-refractivity contribution in [2.24, 2.45) is 5.10 Å². The normalized spacial score (nSPS) is 11.3. The minimum atomic E-state index is -4.15. The van der Waals surface area contributed by atoms with E-state index in [-0.39, 0.29) is 20.6 Å². The Balaban J connectivity index is 1.51. The lowest BCUT2D eigenvalue weighted by molar-refractivity contribution is -0.119. The fraction of sp³-hybridized carbons (Fsp3) is 0.0714. The minimum Gasteiger partial charge on any atom is -0.488 e. The highest BCUT2D eigenvalue weighted by Crippen LogP contribution is 2.35. The van der Waals surface area contributed by atoms with Crippen molar-refractivity contribution in [3.05, 3.63) is 124 Å². The lowest BCUT2D eigenvalue weighted by Gasteiger charge is -2.24. The maximum absolute atomic E-state index is 13.4. The minimum absolute atomic E-state index is 0.00293. The zero-order chi connectivity index (χ0) is 27.0. The molecule has 10 heteroatoms. The Morgan fingerprint density at radius 3 is 2.26 bits per heavy atom. The second kappa shape index (κ2) is 12.6. The van der Waals surface area contributed by atoms with Crippen molar-refractivity contribution >= 4 is 51.0 Å². The number of halogens is 2. The molecule has 0 aromatic heterocycles. The Kier molecular flexibility index (Phi) is 9.02. The molecule has 0 saturated heterocycles. The monoisotopic (exact) mass is 567 g/mol. The number of rotatable bonds is 10. The van der Waals surface area contributed by atoms with E-state index in [1.165, 1.54) is 30.5 Å². The number of hydrazone groups is 1. The van der Waals surface area contributed by atoms with Crippen LogP contribution in [0.25, 0.3) is 0 Å². The third kappa shape index (κ3) is 6.72. The maximum Gasteiger partial charge on any atom is 0.264 e. The maximum atomic E-state index is 13.4. The largest absolute Gasteiger partial charge is 0.488 e. The van der Waals surface area contributed by atoms with E-state index in [0.29, 0.717) is 17.9 Å². The third-order valence-corrected chi connectivity index (χ3v) is 7.95. The number of sulfonamides is 1. The van der Waals surface area contributed by atoms with Gasteiger partial charge < -0.3 is 4.74 Å². The number of anilines is 1. The first-order chi connectivity index (χ1) is 18.4. The van der Waals surface area contributed by atoms with Crippen LogP contribution in [-0.4, -0.2) is 27.1 Å². The lowest BCUT2D eigenvalue weighted by Crippen LogP contribution is -2.39. The van der Waals surface area contributed by atoms with Crippen LogP contribution < -0.4 is 14.5 Å². The fourth-order valence-electron chi connectivity index (χ4n) is 3.50. The lowest BCUT2D eigenvalue weighted by atomic mass is 10.2. The zero-order valence-corrected chi connectivity index (χ0v) is 22.3. The molecule has 0 aliphatic rings. The highest BCUT2D eigenvalue weighted by molar-refractivity contribution is 7.92. The van der Waals surface area contributed by atoms with Crippen LogP contribution in [0.3, 0.4) is 0 Å². The number of hydrogen-bond acceptors (Lipinski definition) is 5. The quantitative estimate of drug-likeness (QED) is 0.190. The Morgan fingerprint density at radius 1 is 0.868 bits per heavy atom. The van der Waals surface area contributed by atoms with Gasteiger partial charge in [-0.1, -0.05) is 89.9 Å². The van der Waals surface area contributed by atoms with E-state index in [9.17, 15) is 13.2 Å². The van der Waals surface area contributed by atoms with Gasteiger partial charge in [0.05, 0.1) is 26.8 Å². The molecule has 0 fully saturated rings. The van der Waals surface area contributed by atoms with Crippen molar-refractivity contribution in [1.82, 2.24) is 5.43 Å². The number of amides is 1. The fourth-order valence-corrected chi connectivity index (χ4v) is 5.40. The zero-order valence-electron chi connectivity index (χ0n) is 20.0. The van der Waals surface area contributed by atoms with Crippen LogP contribution in [0, 0.1) is 0 Å². The van der Waals surface area contributed by atoms with Crippen molar-refractivity contribution in [3.63, 3.8) is 0 Å². The average Bonchev–Trinajstić information content (AvgIpc) is 2.94. The predicted octanol–water partition coefficient (Wildman–Crippen LogP) is 5.92. The Hall–Kier alpha value is -3.85. The first-order valence-electron chi connectivity index (χ1n) is 11.5. The van der Waals surface area contributed by atoms with Gasteiger partial charge in [-0.2, -0.15) is 5.10 Å². The van der Waals surface area contributed by atoms with Crippen molar-refractivity contribution < 1.29 is 17.9 Å². The molecule has 4 rings (SSSR count). The van der Waals surface area contributed by atoms with Gasteiger partial charge >= 0.3 is 0 Å². The molecule has 0 unspecified atom stereocenters. The molecule has 1 amide bonds. The summed E-state index contributed by atoms with van der Waals surface area (Å²) in [5, 5.41) is 4.18. The summed E-state index contributed by atoms with van der Waals surface area (Å²) >= 11 is 12.5. The van der Waals surface area contributed by atoms with Crippen LogP contribution in [0.5, 0.6) is 5.75 Å².